The SMILES string of the molecule is Cc1ccc(C)n1-c1ccc(Nc2ccc(N=Nc3ccc[n+](CCC[NH2+]/C=C\N(C)CCC[n+]4cccc(N=Nc5ccc(Nc6ccc(-n7c(C)ccc7C)cc6)cc5)c4)c3)cc2)cc1. The lowest BCUT2D eigenvalue weighted by Gasteiger charge is -2.11. The van der Waals surface area contributed by atoms with Crippen LogP contribution in [-0.2, 0) is 13.1 Å². The Morgan fingerprint density at radius 1 is 0.493 bits per heavy atom. The maximum atomic E-state index is 4.52. The van der Waals surface area contributed by atoms with E-state index in [2.05, 4.69) is 192 Å². The molecule has 8 rings (SSSR count). The van der Waals surface area contributed by atoms with Gasteiger partial charge in [-0.05, 0) is 161 Å². The number of benzene rings is 4. The Labute approximate surface area is 394 Å². The fraction of sp³-hybridized carbons (Fsp3) is 0.200. The number of anilines is 4. The van der Waals surface area contributed by atoms with Crippen LogP contribution in [0.5, 0.6) is 0 Å². The van der Waals surface area contributed by atoms with Crippen molar-refractivity contribution in [3.05, 3.63) is 206 Å². The van der Waals surface area contributed by atoms with Crippen LogP contribution >= 0.6 is 0 Å². The molecule has 4 aromatic heterocycles. The molecule has 0 fully saturated rings. The van der Waals surface area contributed by atoms with E-state index in [4.69, 9.17) is 0 Å². The molecule has 0 unspecified atom stereocenters. The minimum atomic E-state index is 0.801. The number of rotatable bonds is 20. The van der Waals surface area contributed by atoms with Gasteiger partial charge in [0.15, 0.2) is 31.3 Å². The molecular formula is C55H61N12+3. The van der Waals surface area contributed by atoms with Crippen LogP contribution in [0.2, 0.25) is 0 Å². The van der Waals surface area contributed by atoms with Crippen LogP contribution in [0.1, 0.15) is 35.6 Å². The van der Waals surface area contributed by atoms with E-state index in [9.17, 15) is 0 Å². The summed E-state index contributed by atoms with van der Waals surface area (Å²) in [5.41, 5.74) is 14.5. The molecule has 0 aliphatic heterocycles. The third-order valence-corrected chi connectivity index (χ3v) is 11.5. The molecule has 4 N–H and O–H groups in total. The molecule has 0 aliphatic carbocycles. The summed E-state index contributed by atoms with van der Waals surface area (Å²) >= 11 is 0. The van der Waals surface area contributed by atoms with Gasteiger partial charge in [-0.15, -0.1) is 10.2 Å². The average Bonchev–Trinajstić information content (AvgIpc) is 3.87. The van der Waals surface area contributed by atoms with Gasteiger partial charge >= 0.3 is 0 Å². The molecule has 0 spiro atoms. The Hall–Kier alpha value is -7.96. The average molecular weight is 890 g/mol. The minimum absolute atomic E-state index is 0.801. The molecule has 338 valence electrons. The molecule has 0 aliphatic rings. The first kappa shape index (κ1) is 45.6. The van der Waals surface area contributed by atoms with Crippen LogP contribution in [0.4, 0.5) is 45.5 Å². The van der Waals surface area contributed by atoms with Crippen LogP contribution in [0, 0.1) is 27.7 Å². The van der Waals surface area contributed by atoms with Crippen LogP contribution in [0.15, 0.2) is 203 Å². The zero-order valence-corrected chi connectivity index (χ0v) is 39.2. The smallest absolute Gasteiger partial charge is 0.196 e. The normalized spacial score (nSPS) is 11.6. The minimum Gasteiger partial charge on any atom is -0.376 e. The molecule has 12 nitrogen and oxygen atoms in total. The first-order chi connectivity index (χ1) is 32.7. The second-order valence-corrected chi connectivity index (χ2v) is 16.9. The van der Waals surface area contributed by atoms with Gasteiger partial charge in [0.05, 0.1) is 30.5 Å². The number of azo groups is 2. The quantitative estimate of drug-likeness (QED) is 0.0402. The monoisotopic (exact) mass is 890 g/mol. The van der Waals surface area contributed by atoms with Gasteiger partial charge in [0, 0.05) is 89.0 Å². The number of hydrogen-bond acceptors (Lipinski definition) is 7. The Balaban J connectivity index is 0.705. The summed E-state index contributed by atoms with van der Waals surface area (Å²) in [6.07, 6.45) is 14.6. The summed E-state index contributed by atoms with van der Waals surface area (Å²) in [7, 11) is 2.12. The second kappa shape index (κ2) is 22.3. The van der Waals surface area contributed by atoms with E-state index in [1.165, 1.54) is 22.8 Å². The fourth-order valence-electron chi connectivity index (χ4n) is 8.01. The van der Waals surface area contributed by atoms with E-state index in [1.807, 2.05) is 85.2 Å². The van der Waals surface area contributed by atoms with Gasteiger partial charge in [0.2, 0.25) is 0 Å². The van der Waals surface area contributed by atoms with Gasteiger partial charge in [0.25, 0.3) is 0 Å². The molecule has 0 amide bonds. The Morgan fingerprint density at radius 3 is 1.31 bits per heavy atom. The van der Waals surface area contributed by atoms with Crippen molar-refractivity contribution in [1.82, 2.24) is 14.0 Å². The number of aromatic nitrogens is 4. The molecule has 8 aromatic rings. The van der Waals surface area contributed by atoms with Crippen molar-refractivity contribution >= 4 is 45.5 Å². The number of pyridine rings is 2. The summed E-state index contributed by atoms with van der Waals surface area (Å²) in [6, 6.07) is 49.6. The topological polar surface area (TPSA) is 111 Å². The molecule has 4 aromatic carbocycles. The van der Waals surface area contributed by atoms with E-state index in [0.29, 0.717) is 0 Å². The highest BCUT2D eigenvalue weighted by atomic mass is 15.1. The molecule has 0 radical (unpaired) electrons. The van der Waals surface area contributed by atoms with Gasteiger partial charge in [-0.3, -0.25) is 0 Å². The number of nitrogens with zero attached hydrogens (tertiary/aromatic N) is 9. The standard InChI is InChI=1S/C55H60N12/c1-42-12-13-43(2)66(42)54-28-24-48(25-29-54)57-46-16-20-50(21-17-46)59-61-52-10-6-35-64(40-52)37-8-32-56-33-39-63(5)34-9-38-65-36-7-11-53(41-65)62-60-51-22-18-47(19-23-51)58-49-26-30-55(31-27-49)67-44(3)14-15-45(67)4/h6-7,10-31,33,35-36,39-41,56-58H,8-9,32,34,37-38H2,1-5H3/q+2/p+1/b39-33-,61-59?,62-60?. The Bertz CT molecular complexity index is 2890. The van der Waals surface area contributed by atoms with Gasteiger partial charge in [-0.1, -0.05) is 0 Å². The van der Waals surface area contributed by atoms with Gasteiger partial charge in [0.1, 0.15) is 24.1 Å². The predicted octanol–water partition coefficient (Wildman–Crippen LogP) is 11.8. The molecular weight excluding hydrogens is 829 g/mol. The van der Waals surface area contributed by atoms with E-state index >= 15 is 0 Å². The van der Waals surface area contributed by atoms with Crippen molar-refractivity contribution in [1.29, 1.82) is 0 Å². The van der Waals surface area contributed by atoms with E-state index in [0.717, 1.165) is 95.9 Å². The zero-order chi connectivity index (χ0) is 46.4. The molecule has 0 bridgehead atoms. The molecule has 0 atom stereocenters. The first-order valence-corrected chi connectivity index (χ1v) is 23.0. The van der Waals surface area contributed by atoms with Gasteiger partial charge < -0.3 is 30.0 Å². The van der Waals surface area contributed by atoms with Crippen LogP contribution in [0.25, 0.3) is 11.4 Å². The van der Waals surface area contributed by atoms with E-state index < -0.39 is 0 Å². The molecule has 67 heavy (non-hydrogen) atoms. The van der Waals surface area contributed by atoms with Crippen molar-refractivity contribution in [2.24, 2.45) is 20.5 Å². The van der Waals surface area contributed by atoms with Crippen LogP contribution < -0.4 is 25.1 Å². The maximum absolute atomic E-state index is 4.52. The Kier molecular flexibility index (Phi) is 15.2. The third kappa shape index (κ3) is 12.9. The van der Waals surface area contributed by atoms with Crippen molar-refractivity contribution in [2.75, 3.05) is 30.8 Å². The second-order valence-electron chi connectivity index (χ2n) is 16.9. The maximum Gasteiger partial charge on any atom is 0.196 e. The van der Waals surface area contributed by atoms with Crippen molar-refractivity contribution in [2.45, 2.75) is 53.6 Å². The Morgan fingerprint density at radius 2 is 0.881 bits per heavy atom. The van der Waals surface area contributed by atoms with Crippen molar-refractivity contribution in [3.63, 3.8) is 0 Å². The third-order valence-electron chi connectivity index (χ3n) is 11.5. The molecule has 0 saturated heterocycles. The first-order valence-electron chi connectivity index (χ1n) is 23.0. The predicted molar refractivity (Wildman–Crippen MR) is 269 cm³/mol. The van der Waals surface area contributed by atoms with E-state index in [1.54, 1.807) is 0 Å². The highest BCUT2D eigenvalue weighted by Crippen LogP contribution is 2.26. The summed E-state index contributed by atoms with van der Waals surface area (Å²) in [4.78, 5) is 2.23. The van der Waals surface area contributed by atoms with Crippen molar-refractivity contribution < 1.29 is 14.5 Å². The highest BCUT2D eigenvalue weighted by Gasteiger charge is 2.08. The number of nitrogens with two attached hydrogens (primary N) is 1. The summed E-state index contributed by atoms with van der Waals surface area (Å²) in [5, 5.41) is 27.2. The fourth-order valence-corrected chi connectivity index (χ4v) is 8.01. The van der Waals surface area contributed by atoms with Crippen LogP contribution in [-0.4, -0.2) is 34.2 Å². The number of nitrogens with one attached hydrogen (secondary N) is 2. The number of aryl methyl sites for hydroxylation is 6. The lowest BCUT2D eigenvalue weighted by molar-refractivity contribution is -0.703. The largest absolute Gasteiger partial charge is 0.376 e. The lowest BCUT2D eigenvalue weighted by atomic mass is 10.2. The van der Waals surface area contributed by atoms with Gasteiger partial charge in [-0.25, -0.2) is 9.13 Å². The molecule has 4 heterocycles. The van der Waals surface area contributed by atoms with E-state index in [-0.39, 0.29) is 0 Å². The van der Waals surface area contributed by atoms with Crippen LogP contribution in [0.3, 0.4) is 0 Å². The number of hydrogen-bond donors (Lipinski definition) is 3. The van der Waals surface area contributed by atoms with Gasteiger partial charge in [-0.2, -0.15) is 10.2 Å². The highest BCUT2D eigenvalue weighted by molar-refractivity contribution is 5.64. The molecule has 0 saturated carbocycles. The zero-order valence-electron chi connectivity index (χ0n) is 39.2. The molecule has 12 heteroatoms. The number of quaternary nitrogens is 1. The summed E-state index contributed by atoms with van der Waals surface area (Å²) in [5.74, 6) is 0. The lowest BCUT2D eigenvalue weighted by Crippen LogP contribution is -2.78. The van der Waals surface area contributed by atoms with Crippen molar-refractivity contribution in [3.8, 4) is 11.4 Å². The summed E-state index contributed by atoms with van der Waals surface area (Å²) < 4.78 is 8.85. The summed E-state index contributed by atoms with van der Waals surface area (Å²) in [6.45, 7) is 12.2.